The SMILES string of the molecule is CC(=Nn1c(-c2ccc3c(c2)NC(=O)CO3)csc1=NC(C)C)c1ccc2c(c1)OCO2. The Hall–Kier alpha value is -3.59. The molecule has 0 aliphatic carbocycles. The molecule has 0 saturated heterocycles. The van der Waals surface area contributed by atoms with Gasteiger partial charge >= 0.3 is 0 Å². The first kappa shape index (κ1) is 20.3. The number of nitrogens with one attached hydrogen (secondary N) is 1. The van der Waals surface area contributed by atoms with Crippen molar-refractivity contribution < 1.29 is 19.0 Å². The largest absolute Gasteiger partial charge is 0.482 e. The van der Waals surface area contributed by atoms with Crippen molar-refractivity contribution in [3.05, 3.63) is 52.1 Å². The first-order chi connectivity index (χ1) is 15.5. The average molecular weight is 451 g/mol. The number of amides is 1. The normalized spacial score (nSPS) is 15.6. The van der Waals surface area contributed by atoms with E-state index in [1.165, 1.54) is 11.3 Å². The van der Waals surface area contributed by atoms with Crippen LogP contribution in [0.4, 0.5) is 5.69 Å². The molecule has 3 heterocycles. The Kier molecular flexibility index (Phi) is 5.18. The standard InChI is InChI=1S/C23H22N4O4S/c1-13(2)24-23-27(26-14(3)15-4-7-20-21(9-15)31-12-30-20)18(11-32-23)16-5-6-19-17(8-16)25-22(28)10-29-19/h4-9,11,13H,10,12H2,1-3H3,(H,25,28). The predicted octanol–water partition coefficient (Wildman–Crippen LogP) is 3.86. The molecule has 2 aromatic carbocycles. The van der Waals surface area contributed by atoms with E-state index in [1.807, 2.05) is 67.2 Å². The van der Waals surface area contributed by atoms with Crippen LogP contribution in [0.25, 0.3) is 11.3 Å². The molecular weight excluding hydrogens is 428 g/mol. The van der Waals surface area contributed by atoms with E-state index in [9.17, 15) is 4.79 Å². The van der Waals surface area contributed by atoms with Gasteiger partial charge in [-0.25, -0.2) is 4.68 Å². The molecule has 0 atom stereocenters. The van der Waals surface area contributed by atoms with Crippen LogP contribution in [0.2, 0.25) is 0 Å². The fourth-order valence-corrected chi connectivity index (χ4v) is 4.44. The number of nitrogens with zero attached hydrogens (tertiary/aromatic N) is 3. The summed E-state index contributed by atoms with van der Waals surface area (Å²) < 4.78 is 18.3. The number of hydrogen-bond acceptors (Lipinski definition) is 7. The molecule has 0 saturated carbocycles. The fraction of sp³-hybridized carbons (Fsp3) is 0.261. The van der Waals surface area contributed by atoms with Gasteiger partial charge < -0.3 is 19.5 Å². The molecule has 9 heteroatoms. The van der Waals surface area contributed by atoms with Gasteiger partial charge in [-0.1, -0.05) is 0 Å². The monoisotopic (exact) mass is 450 g/mol. The first-order valence-electron chi connectivity index (χ1n) is 10.2. The molecule has 1 aromatic heterocycles. The van der Waals surface area contributed by atoms with Crippen LogP contribution in [0.15, 0.2) is 51.9 Å². The van der Waals surface area contributed by atoms with E-state index < -0.39 is 0 Å². The van der Waals surface area contributed by atoms with Crippen molar-refractivity contribution in [1.82, 2.24) is 4.68 Å². The molecule has 0 spiro atoms. The molecule has 1 amide bonds. The maximum Gasteiger partial charge on any atom is 0.262 e. The lowest BCUT2D eigenvalue weighted by molar-refractivity contribution is -0.118. The predicted molar refractivity (Wildman–Crippen MR) is 123 cm³/mol. The zero-order chi connectivity index (χ0) is 22.2. The summed E-state index contributed by atoms with van der Waals surface area (Å²) in [7, 11) is 0. The maximum absolute atomic E-state index is 11.8. The summed E-state index contributed by atoms with van der Waals surface area (Å²) in [6, 6.07) is 11.6. The third-order valence-corrected chi connectivity index (χ3v) is 5.83. The van der Waals surface area contributed by atoms with Crippen LogP contribution in [0.5, 0.6) is 17.2 Å². The van der Waals surface area contributed by atoms with Gasteiger partial charge in [0.1, 0.15) is 5.75 Å². The van der Waals surface area contributed by atoms with E-state index in [4.69, 9.17) is 24.3 Å². The third kappa shape index (κ3) is 3.87. The van der Waals surface area contributed by atoms with Gasteiger partial charge in [0.15, 0.2) is 18.1 Å². The summed E-state index contributed by atoms with van der Waals surface area (Å²) in [6.07, 6.45) is 0. The number of ether oxygens (including phenoxy) is 3. The molecule has 8 nitrogen and oxygen atoms in total. The molecule has 5 rings (SSSR count). The molecule has 1 N–H and O–H groups in total. The molecular formula is C23H22N4O4S. The second-order valence-corrected chi connectivity index (χ2v) is 8.58. The lowest BCUT2D eigenvalue weighted by atomic mass is 10.1. The van der Waals surface area contributed by atoms with Crippen molar-refractivity contribution in [2.75, 3.05) is 18.7 Å². The number of benzene rings is 2. The Morgan fingerprint density at radius 3 is 2.75 bits per heavy atom. The van der Waals surface area contributed by atoms with Gasteiger partial charge in [-0.2, -0.15) is 5.10 Å². The number of hydrogen-bond donors (Lipinski definition) is 1. The second-order valence-electron chi connectivity index (χ2n) is 7.74. The van der Waals surface area contributed by atoms with Gasteiger partial charge in [-0.3, -0.25) is 9.79 Å². The van der Waals surface area contributed by atoms with E-state index in [-0.39, 0.29) is 25.3 Å². The Balaban J connectivity index is 1.60. The number of carbonyl (C=O) groups excluding carboxylic acids is 1. The second kappa shape index (κ2) is 8.16. The van der Waals surface area contributed by atoms with Gasteiger partial charge in [0.2, 0.25) is 11.6 Å². The Morgan fingerprint density at radius 1 is 1.09 bits per heavy atom. The molecule has 3 aromatic rings. The van der Waals surface area contributed by atoms with Crippen LogP contribution in [-0.4, -0.2) is 35.7 Å². The Morgan fingerprint density at radius 2 is 1.91 bits per heavy atom. The van der Waals surface area contributed by atoms with Crippen molar-refractivity contribution in [2.45, 2.75) is 26.8 Å². The number of carbonyl (C=O) groups is 1. The van der Waals surface area contributed by atoms with Crippen molar-refractivity contribution in [3.8, 4) is 28.5 Å². The van der Waals surface area contributed by atoms with Gasteiger partial charge in [-0.05, 0) is 57.2 Å². The van der Waals surface area contributed by atoms with Crippen molar-refractivity contribution in [3.63, 3.8) is 0 Å². The topological polar surface area (TPSA) is 86.4 Å². The lowest BCUT2D eigenvalue weighted by Crippen LogP contribution is -2.25. The fourth-order valence-electron chi connectivity index (χ4n) is 3.48. The highest BCUT2D eigenvalue weighted by atomic mass is 32.1. The van der Waals surface area contributed by atoms with Crippen LogP contribution in [0.1, 0.15) is 26.3 Å². The highest BCUT2D eigenvalue weighted by molar-refractivity contribution is 7.07. The smallest absolute Gasteiger partial charge is 0.262 e. The number of rotatable bonds is 4. The summed E-state index contributed by atoms with van der Waals surface area (Å²) in [4.78, 5) is 17.3. The molecule has 2 aliphatic rings. The third-order valence-electron chi connectivity index (χ3n) is 5.00. The molecule has 0 bridgehead atoms. The zero-order valence-corrected chi connectivity index (χ0v) is 18.7. The van der Waals surface area contributed by atoms with E-state index in [0.717, 1.165) is 33.1 Å². The Labute approximate surface area is 188 Å². The van der Waals surface area contributed by atoms with Gasteiger partial charge in [0.05, 0.1) is 17.1 Å². The van der Waals surface area contributed by atoms with Crippen LogP contribution in [-0.2, 0) is 4.79 Å². The molecule has 0 unspecified atom stereocenters. The maximum atomic E-state index is 11.8. The molecule has 0 radical (unpaired) electrons. The number of aromatic nitrogens is 1. The minimum Gasteiger partial charge on any atom is -0.482 e. The van der Waals surface area contributed by atoms with Gasteiger partial charge in [-0.15, -0.1) is 11.3 Å². The Bertz CT molecular complexity index is 1310. The van der Waals surface area contributed by atoms with Crippen LogP contribution >= 0.6 is 11.3 Å². The van der Waals surface area contributed by atoms with Gasteiger partial charge in [0, 0.05) is 22.5 Å². The summed E-state index contributed by atoms with van der Waals surface area (Å²) in [5.41, 5.74) is 4.16. The van der Waals surface area contributed by atoms with E-state index in [1.54, 1.807) is 0 Å². The zero-order valence-electron chi connectivity index (χ0n) is 17.9. The quantitative estimate of drug-likeness (QED) is 0.612. The van der Waals surface area contributed by atoms with Crippen molar-refractivity contribution in [2.24, 2.45) is 10.1 Å². The molecule has 32 heavy (non-hydrogen) atoms. The highest BCUT2D eigenvalue weighted by Gasteiger charge is 2.19. The van der Waals surface area contributed by atoms with Crippen LogP contribution in [0, 0.1) is 0 Å². The van der Waals surface area contributed by atoms with Crippen LogP contribution < -0.4 is 24.3 Å². The van der Waals surface area contributed by atoms with E-state index in [2.05, 4.69) is 5.32 Å². The average Bonchev–Trinajstić information content (AvgIpc) is 3.39. The van der Waals surface area contributed by atoms with Crippen molar-refractivity contribution >= 4 is 28.6 Å². The van der Waals surface area contributed by atoms with E-state index in [0.29, 0.717) is 17.2 Å². The first-order valence-corrected chi connectivity index (χ1v) is 11.1. The van der Waals surface area contributed by atoms with E-state index >= 15 is 0 Å². The molecule has 0 fully saturated rings. The summed E-state index contributed by atoms with van der Waals surface area (Å²) in [5.74, 6) is 1.94. The number of fused-ring (bicyclic) bond motifs is 2. The number of anilines is 1. The minimum atomic E-state index is -0.167. The summed E-state index contributed by atoms with van der Waals surface area (Å²) >= 11 is 1.52. The number of thiazole rings is 1. The lowest BCUT2D eigenvalue weighted by Gasteiger charge is -2.18. The summed E-state index contributed by atoms with van der Waals surface area (Å²) in [6.45, 7) is 6.27. The molecule has 164 valence electrons. The van der Waals surface area contributed by atoms with Crippen LogP contribution in [0.3, 0.4) is 0 Å². The van der Waals surface area contributed by atoms with Gasteiger partial charge in [0.25, 0.3) is 5.91 Å². The highest BCUT2D eigenvalue weighted by Crippen LogP contribution is 2.34. The minimum absolute atomic E-state index is 0.0290. The summed E-state index contributed by atoms with van der Waals surface area (Å²) in [5, 5.41) is 9.79. The molecule has 2 aliphatic heterocycles. The van der Waals surface area contributed by atoms with Crippen molar-refractivity contribution in [1.29, 1.82) is 0 Å².